The molecule has 130 valence electrons. The fourth-order valence-electron chi connectivity index (χ4n) is 3.47. The van der Waals surface area contributed by atoms with E-state index in [0.717, 1.165) is 16.7 Å². The molecule has 3 aromatic rings. The Balaban J connectivity index is 1.47. The van der Waals surface area contributed by atoms with Crippen molar-refractivity contribution in [1.82, 2.24) is 19.9 Å². The van der Waals surface area contributed by atoms with Crippen molar-refractivity contribution in [3.05, 3.63) is 59.5 Å². The van der Waals surface area contributed by atoms with Gasteiger partial charge in [0, 0.05) is 18.8 Å². The topological polar surface area (TPSA) is 83.6 Å². The molecule has 0 bridgehead atoms. The Bertz CT molecular complexity index is 978. The Morgan fingerprint density at radius 1 is 1.23 bits per heavy atom. The highest BCUT2D eigenvalue weighted by atomic mass is 16.1. The lowest BCUT2D eigenvalue weighted by molar-refractivity contribution is 0.0950. The summed E-state index contributed by atoms with van der Waals surface area (Å²) < 4.78 is 2.14. The second-order valence-electron chi connectivity index (χ2n) is 6.65. The molecule has 2 aromatic heterocycles. The molecule has 1 aliphatic rings. The lowest BCUT2D eigenvalue weighted by atomic mass is 10.1. The number of pyridine rings is 1. The number of hydrogen-bond donors (Lipinski definition) is 1. The summed E-state index contributed by atoms with van der Waals surface area (Å²) in [6, 6.07) is 11.5. The summed E-state index contributed by atoms with van der Waals surface area (Å²) >= 11 is 0. The number of rotatable bonds is 4. The van der Waals surface area contributed by atoms with Crippen molar-refractivity contribution in [1.29, 1.82) is 5.26 Å². The van der Waals surface area contributed by atoms with Gasteiger partial charge in [0.2, 0.25) is 0 Å². The molecule has 4 rings (SSSR count). The first-order valence-electron chi connectivity index (χ1n) is 8.84. The van der Waals surface area contributed by atoms with E-state index in [9.17, 15) is 4.79 Å². The summed E-state index contributed by atoms with van der Waals surface area (Å²) in [4.78, 5) is 21.3. The van der Waals surface area contributed by atoms with E-state index >= 15 is 0 Å². The molecule has 1 aromatic carbocycles. The standard InChI is InChI=1S/C20H19N5O/c21-10-14-5-7-15(8-6-14)11-23-20(26)16-9-18-19(22-12-16)25(13-24-18)17-3-1-2-4-17/h5-9,12-13,17H,1-4,11H2,(H,23,26). The first kappa shape index (κ1) is 16.3. The number of hydrogen-bond acceptors (Lipinski definition) is 4. The summed E-state index contributed by atoms with van der Waals surface area (Å²) in [5.41, 5.74) is 3.65. The number of nitrogens with one attached hydrogen (secondary N) is 1. The molecule has 0 atom stereocenters. The van der Waals surface area contributed by atoms with Crippen LogP contribution in [0.15, 0.2) is 42.9 Å². The van der Waals surface area contributed by atoms with Crippen LogP contribution in [0.1, 0.15) is 53.2 Å². The number of amides is 1. The summed E-state index contributed by atoms with van der Waals surface area (Å²) in [5, 5.41) is 11.7. The number of carbonyl (C=O) groups is 1. The normalized spacial score (nSPS) is 14.4. The van der Waals surface area contributed by atoms with Crippen LogP contribution < -0.4 is 5.32 Å². The van der Waals surface area contributed by atoms with Gasteiger partial charge in [-0.05, 0) is 36.6 Å². The van der Waals surface area contributed by atoms with Crippen LogP contribution >= 0.6 is 0 Å². The zero-order chi connectivity index (χ0) is 17.9. The molecule has 0 unspecified atom stereocenters. The van der Waals surface area contributed by atoms with Crippen molar-refractivity contribution in [3.8, 4) is 6.07 Å². The van der Waals surface area contributed by atoms with Crippen LogP contribution in [0.3, 0.4) is 0 Å². The largest absolute Gasteiger partial charge is 0.348 e. The van der Waals surface area contributed by atoms with Gasteiger partial charge in [-0.1, -0.05) is 25.0 Å². The molecular weight excluding hydrogens is 326 g/mol. The van der Waals surface area contributed by atoms with Crippen molar-refractivity contribution in [2.75, 3.05) is 0 Å². The van der Waals surface area contributed by atoms with Crippen molar-refractivity contribution in [3.63, 3.8) is 0 Å². The minimum atomic E-state index is -0.181. The van der Waals surface area contributed by atoms with Gasteiger partial charge in [-0.2, -0.15) is 5.26 Å². The molecule has 0 saturated heterocycles. The molecule has 6 nitrogen and oxygen atoms in total. The second kappa shape index (κ2) is 6.96. The highest BCUT2D eigenvalue weighted by Crippen LogP contribution is 2.31. The van der Waals surface area contributed by atoms with E-state index in [1.165, 1.54) is 25.7 Å². The molecule has 1 fully saturated rings. The average molecular weight is 345 g/mol. The smallest absolute Gasteiger partial charge is 0.253 e. The van der Waals surface area contributed by atoms with Gasteiger partial charge in [0.1, 0.15) is 5.52 Å². The summed E-state index contributed by atoms with van der Waals surface area (Å²) in [5.74, 6) is -0.181. The van der Waals surface area contributed by atoms with E-state index in [0.29, 0.717) is 23.7 Å². The van der Waals surface area contributed by atoms with Crippen LogP contribution in [-0.2, 0) is 6.54 Å². The molecule has 0 radical (unpaired) electrons. The van der Waals surface area contributed by atoms with Gasteiger partial charge in [0.15, 0.2) is 5.65 Å². The Morgan fingerprint density at radius 3 is 2.73 bits per heavy atom. The zero-order valence-electron chi connectivity index (χ0n) is 14.4. The Hall–Kier alpha value is -3.20. The summed E-state index contributed by atoms with van der Waals surface area (Å²) in [7, 11) is 0. The number of fused-ring (bicyclic) bond motifs is 1. The first-order valence-corrected chi connectivity index (χ1v) is 8.84. The molecule has 0 aliphatic heterocycles. The number of carbonyl (C=O) groups excluding carboxylic acids is 1. The van der Waals surface area contributed by atoms with Gasteiger partial charge in [0.25, 0.3) is 5.91 Å². The lowest BCUT2D eigenvalue weighted by Crippen LogP contribution is -2.23. The molecule has 1 aliphatic carbocycles. The van der Waals surface area contributed by atoms with E-state index in [1.807, 2.05) is 18.5 Å². The van der Waals surface area contributed by atoms with E-state index < -0.39 is 0 Å². The van der Waals surface area contributed by atoms with Gasteiger partial charge in [0.05, 0.1) is 23.5 Å². The molecule has 2 heterocycles. The van der Waals surface area contributed by atoms with E-state index in [4.69, 9.17) is 5.26 Å². The molecular formula is C20H19N5O. The van der Waals surface area contributed by atoms with E-state index in [1.54, 1.807) is 24.4 Å². The van der Waals surface area contributed by atoms with Crippen LogP contribution in [0.25, 0.3) is 11.2 Å². The number of imidazole rings is 1. The highest BCUT2D eigenvalue weighted by molar-refractivity contribution is 5.96. The number of aromatic nitrogens is 3. The van der Waals surface area contributed by atoms with E-state index in [-0.39, 0.29) is 5.91 Å². The molecule has 6 heteroatoms. The fraction of sp³-hybridized carbons (Fsp3) is 0.300. The molecule has 1 amide bonds. The Morgan fingerprint density at radius 2 is 2.00 bits per heavy atom. The summed E-state index contributed by atoms with van der Waals surface area (Å²) in [6.45, 7) is 0.402. The minimum absolute atomic E-state index is 0.181. The van der Waals surface area contributed by atoms with Gasteiger partial charge in [-0.3, -0.25) is 4.79 Å². The molecule has 1 saturated carbocycles. The SMILES string of the molecule is N#Cc1ccc(CNC(=O)c2cnc3c(c2)ncn3C2CCCC2)cc1. The van der Waals surface area contributed by atoms with Gasteiger partial charge in [-0.25, -0.2) is 9.97 Å². The highest BCUT2D eigenvalue weighted by Gasteiger charge is 2.20. The lowest BCUT2D eigenvalue weighted by Gasteiger charge is -2.11. The maximum absolute atomic E-state index is 12.4. The predicted molar refractivity (Wildman–Crippen MR) is 97.4 cm³/mol. The predicted octanol–water partition coefficient (Wildman–Crippen LogP) is 3.35. The van der Waals surface area contributed by atoms with Gasteiger partial charge >= 0.3 is 0 Å². The molecule has 26 heavy (non-hydrogen) atoms. The van der Waals surface area contributed by atoms with Crippen molar-refractivity contribution in [2.24, 2.45) is 0 Å². The number of nitrogens with zero attached hydrogens (tertiary/aromatic N) is 4. The minimum Gasteiger partial charge on any atom is -0.348 e. The van der Waals surface area contributed by atoms with Gasteiger partial charge in [-0.15, -0.1) is 0 Å². The average Bonchev–Trinajstić information content (AvgIpc) is 3.35. The quantitative estimate of drug-likeness (QED) is 0.786. The fourth-order valence-corrected chi connectivity index (χ4v) is 3.47. The maximum atomic E-state index is 12.4. The number of benzene rings is 1. The van der Waals surface area contributed by atoms with Gasteiger partial charge < -0.3 is 9.88 Å². The third-order valence-corrected chi connectivity index (χ3v) is 4.93. The van der Waals surface area contributed by atoms with Crippen LogP contribution in [0.5, 0.6) is 0 Å². The maximum Gasteiger partial charge on any atom is 0.253 e. The first-order chi connectivity index (χ1) is 12.7. The van der Waals surface area contributed by atoms with Crippen molar-refractivity contribution < 1.29 is 4.79 Å². The molecule has 0 spiro atoms. The Kier molecular flexibility index (Phi) is 4.36. The molecule has 1 N–H and O–H groups in total. The third-order valence-electron chi connectivity index (χ3n) is 4.93. The monoisotopic (exact) mass is 345 g/mol. The van der Waals surface area contributed by atoms with E-state index in [2.05, 4.69) is 25.9 Å². The van der Waals surface area contributed by atoms with Crippen LogP contribution in [0.2, 0.25) is 0 Å². The zero-order valence-corrected chi connectivity index (χ0v) is 14.4. The van der Waals surface area contributed by atoms with Crippen molar-refractivity contribution >= 4 is 17.1 Å². The number of nitriles is 1. The van der Waals surface area contributed by atoms with Crippen LogP contribution in [-0.4, -0.2) is 20.4 Å². The summed E-state index contributed by atoms with van der Waals surface area (Å²) in [6.07, 6.45) is 8.29. The second-order valence-corrected chi connectivity index (χ2v) is 6.65. The third kappa shape index (κ3) is 3.16. The Labute approximate surface area is 151 Å². The van der Waals surface area contributed by atoms with Crippen LogP contribution in [0, 0.1) is 11.3 Å². The van der Waals surface area contributed by atoms with Crippen molar-refractivity contribution in [2.45, 2.75) is 38.3 Å². The van der Waals surface area contributed by atoms with Crippen LogP contribution in [0.4, 0.5) is 0 Å².